The van der Waals surface area contributed by atoms with Gasteiger partial charge in [0.15, 0.2) is 0 Å². The quantitative estimate of drug-likeness (QED) is 0.371. The number of hydrogen-bond acceptors (Lipinski definition) is 2. The van der Waals surface area contributed by atoms with Gasteiger partial charge < -0.3 is 0 Å². The monoisotopic (exact) mass is 414 g/mol. The molecule has 0 aliphatic rings. The summed E-state index contributed by atoms with van der Waals surface area (Å²) in [7, 11) is 0. The summed E-state index contributed by atoms with van der Waals surface area (Å²) in [6.45, 7) is 0. The van der Waals surface area contributed by atoms with E-state index < -0.39 is 0 Å². The molecule has 0 fully saturated rings. The predicted octanol–water partition coefficient (Wildman–Crippen LogP) is 7.31. The first-order valence-corrected chi connectivity index (χ1v) is 10.8. The molecule has 3 rings (SSSR count). The molecule has 0 saturated carbocycles. The minimum atomic E-state index is 0.429. The summed E-state index contributed by atoms with van der Waals surface area (Å²) in [5.41, 5.74) is 4.13. The summed E-state index contributed by atoms with van der Waals surface area (Å²) in [6.07, 6.45) is 0. The fourth-order valence-electron chi connectivity index (χ4n) is 2.35. The topological polar surface area (TPSA) is 0 Å². The van der Waals surface area contributed by atoms with Crippen molar-refractivity contribution >= 4 is 39.5 Å². The molecule has 0 radical (unpaired) electrons. The molecular weight excluding hydrogens is 396 g/mol. The van der Waals surface area contributed by atoms with Crippen molar-refractivity contribution in [1.82, 2.24) is 0 Å². The SMILES string of the molecule is Brc1ccc(C(SCc2ccccc2)SCc2ccccc2)cc1. The smallest absolute Gasteiger partial charge is 0.0757 e. The Balaban J connectivity index is 1.69. The lowest BCUT2D eigenvalue weighted by Crippen LogP contribution is -1.92. The lowest BCUT2D eigenvalue weighted by Gasteiger charge is -2.17. The van der Waals surface area contributed by atoms with Gasteiger partial charge in [0.25, 0.3) is 0 Å². The zero-order chi connectivity index (χ0) is 16.6. The first kappa shape index (κ1) is 17.7. The van der Waals surface area contributed by atoms with Crippen LogP contribution in [0, 0.1) is 0 Å². The van der Waals surface area contributed by atoms with Crippen LogP contribution in [0.1, 0.15) is 21.3 Å². The van der Waals surface area contributed by atoms with E-state index >= 15 is 0 Å². The van der Waals surface area contributed by atoms with E-state index in [9.17, 15) is 0 Å². The van der Waals surface area contributed by atoms with Crippen molar-refractivity contribution in [2.75, 3.05) is 0 Å². The largest absolute Gasteiger partial charge is 0.138 e. The van der Waals surface area contributed by atoms with Crippen molar-refractivity contribution in [2.45, 2.75) is 16.1 Å². The van der Waals surface area contributed by atoms with Crippen molar-refractivity contribution in [2.24, 2.45) is 0 Å². The van der Waals surface area contributed by atoms with Crippen molar-refractivity contribution in [3.8, 4) is 0 Å². The van der Waals surface area contributed by atoms with Crippen LogP contribution < -0.4 is 0 Å². The maximum Gasteiger partial charge on any atom is 0.0757 e. The number of hydrogen-bond donors (Lipinski definition) is 0. The molecule has 24 heavy (non-hydrogen) atoms. The van der Waals surface area contributed by atoms with Crippen LogP contribution in [-0.4, -0.2) is 0 Å². The fraction of sp³-hybridized carbons (Fsp3) is 0.143. The van der Waals surface area contributed by atoms with Gasteiger partial charge in [-0.1, -0.05) is 88.7 Å². The van der Waals surface area contributed by atoms with E-state index in [0.717, 1.165) is 16.0 Å². The molecule has 0 N–H and O–H groups in total. The van der Waals surface area contributed by atoms with E-state index in [1.54, 1.807) is 0 Å². The Morgan fingerprint density at radius 2 is 1.08 bits per heavy atom. The van der Waals surface area contributed by atoms with E-state index in [1.165, 1.54) is 16.7 Å². The molecule has 0 bridgehead atoms. The Kier molecular flexibility index (Phi) is 6.88. The maximum atomic E-state index is 3.53. The van der Waals surface area contributed by atoms with Gasteiger partial charge in [-0.2, -0.15) is 0 Å². The Morgan fingerprint density at radius 3 is 1.54 bits per heavy atom. The van der Waals surface area contributed by atoms with E-state index in [0.29, 0.717) is 4.58 Å². The fourth-order valence-corrected chi connectivity index (χ4v) is 5.18. The average Bonchev–Trinajstić information content (AvgIpc) is 2.64. The summed E-state index contributed by atoms with van der Waals surface area (Å²) in [5, 5.41) is 0. The second kappa shape index (κ2) is 9.36. The zero-order valence-electron chi connectivity index (χ0n) is 13.3. The van der Waals surface area contributed by atoms with E-state index in [1.807, 2.05) is 23.5 Å². The minimum absolute atomic E-state index is 0.429. The lowest BCUT2D eigenvalue weighted by atomic mass is 10.2. The number of rotatable bonds is 7. The highest BCUT2D eigenvalue weighted by Gasteiger charge is 2.13. The van der Waals surface area contributed by atoms with Gasteiger partial charge in [-0.3, -0.25) is 0 Å². The van der Waals surface area contributed by atoms with Gasteiger partial charge in [0.1, 0.15) is 0 Å². The number of halogens is 1. The molecule has 0 spiro atoms. The van der Waals surface area contributed by atoms with Gasteiger partial charge in [-0.05, 0) is 28.8 Å². The van der Waals surface area contributed by atoms with Crippen LogP contribution in [0.15, 0.2) is 89.4 Å². The maximum absolute atomic E-state index is 3.53. The lowest BCUT2D eigenvalue weighted by molar-refractivity contribution is 1.31. The van der Waals surface area contributed by atoms with E-state index in [2.05, 4.69) is 101 Å². The van der Waals surface area contributed by atoms with Crippen LogP contribution >= 0.6 is 39.5 Å². The van der Waals surface area contributed by atoms with Crippen molar-refractivity contribution in [3.63, 3.8) is 0 Å². The van der Waals surface area contributed by atoms with Gasteiger partial charge >= 0.3 is 0 Å². The summed E-state index contributed by atoms with van der Waals surface area (Å²) < 4.78 is 1.56. The van der Waals surface area contributed by atoms with Crippen molar-refractivity contribution < 1.29 is 0 Å². The summed E-state index contributed by atoms with van der Waals surface area (Å²) in [5.74, 6) is 2.06. The molecule has 0 aromatic heterocycles. The Hall–Kier alpha value is -1.16. The molecule has 0 atom stereocenters. The third kappa shape index (κ3) is 5.44. The predicted molar refractivity (Wildman–Crippen MR) is 112 cm³/mol. The van der Waals surface area contributed by atoms with Gasteiger partial charge in [0.05, 0.1) is 4.58 Å². The van der Waals surface area contributed by atoms with Gasteiger partial charge in [-0.15, -0.1) is 23.5 Å². The van der Waals surface area contributed by atoms with Crippen LogP contribution in [0.4, 0.5) is 0 Å². The number of thioether (sulfide) groups is 2. The molecule has 0 unspecified atom stereocenters. The normalized spacial score (nSPS) is 10.9. The zero-order valence-corrected chi connectivity index (χ0v) is 16.5. The third-order valence-corrected chi connectivity index (χ3v) is 7.13. The van der Waals surface area contributed by atoms with Crippen molar-refractivity contribution in [3.05, 3.63) is 106 Å². The molecule has 0 aliphatic carbocycles. The van der Waals surface area contributed by atoms with Crippen LogP contribution in [0.5, 0.6) is 0 Å². The Morgan fingerprint density at radius 1 is 0.625 bits per heavy atom. The molecule has 0 aliphatic heterocycles. The Bertz CT molecular complexity index is 683. The second-order valence-corrected chi connectivity index (χ2v) is 8.88. The van der Waals surface area contributed by atoms with Gasteiger partial charge in [-0.25, -0.2) is 0 Å². The highest BCUT2D eigenvalue weighted by molar-refractivity contribution is 9.10. The summed E-state index contributed by atoms with van der Waals surface area (Å²) >= 11 is 7.53. The highest BCUT2D eigenvalue weighted by atomic mass is 79.9. The first-order chi connectivity index (χ1) is 11.8. The Labute approximate surface area is 161 Å². The molecule has 3 heteroatoms. The molecule has 0 saturated heterocycles. The summed E-state index contributed by atoms with van der Waals surface area (Å²) in [6, 6.07) is 30.1. The van der Waals surface area contributed by atoms with E-state index in [4.69, 9.17) is 0 Å². The molecular formula is C21H19BrS2. The van der Waals surface area contributed by atoms with Crippen LogP contribution in [0.3, 0.4) is 0 Å². The molecule has 0 nitrogen and oxygen atoms in total. The third-order valence-electron chi connectivity index (χ3n) is 3.63. The molecule has 0 heterocycles. The number of benzene rings is 3. The molecule has 122 valence electrons. The van der Waals surface area contributed by atoms with Gasteiger partial charge in [0.2, 0.25) is 0 Å². The second-order valence-electron chi connectivity index (χ2n) is 5.48. The highest BCUT2D eigenvalue weighted by Crippen LogP contribution is 2.42. The standard InChI is InChI=1S/C21H19BrS2/c22-20-13-11-19(12-14-20)21(23-15-17-7-3-1-4-8-17)24-16-18-9-5-2-6-10-18/h1-14,21H,15-16H2. The van der Waals surface area contributed by atoms with Crippen molar-refractivity contribution in [1.29, 1.82) is 0 Å². The molecule has 3 aromatic rings. The first-order valence-electron chi connectivity index (χ1n) is 7.88. The average molecular weight is 415 g/mol. The van der Waals surface area contributed by atoms with Crippen LogP contribution in [-0.2, 0) is 11.5 Å². The van der Waals surface area contributed by atoms with Crippen LogP contribution in [0.2, 0.25) is 0 Å². The minimum Gasteiger partial charge on any atom is -0.138 e. The molecule has 0 amide bonds. The molecule has 3 aromatic carbocycles. The van der Waals surface area contributed by atoms with E-state index in [-0.39, 0.29) is 0 Å². The van der Waals surface area contributed by atoms with Crippen LogP contribution in [0.25, 0.3) is 0 Å². The van der Waals surface area contributed by atoms with Gasteiger partial charge in [0, 0.05) is 16.0 Å². The summed E-state index contributed by atoms with van der Waals surface area (Å²) in [4.78, 5) is 0.